The average Bonchev–Trinajstić information content (AvgIpc) is 3.09. The molecule has 4 rings (SSSR count). The lowest BCUT2D eigenvalue weighted by molar-refractivity contribution is -0.138. The number of hydrogen-bond acceptors (Lipinski definition) is 6. The molecule has 11 nitrogen and oxygen atoms in total. The third kappa shape index (κ3) is 12.2. The van der Waals surface area contributed by atoms with Crippen LogP contribution in [-0.4, -0.2) is 71.5 Å². The van der Waals surface area contributed by atoms with Crippen molar-refractivity contribution in [1.29, 1.82) is 0 Å². The van der Waals surface area contributed by atoms with E-state index in [0.29, 0.717) is 6.42 Å². The number of amides is 4. The lowest BCUT2D eigenvalue weighted by atomic mass is 9.98. The number of nitrogens with one attached hydrogen (secondary N) is 5. The van der Waals surface area contributed by atoms with Gasteiger partial charge in [-0.3, -0.25) is 24.0 Å². The van der Waals surface area contributed by atoms with Crippen molar-refractivity contribution in [2.45, 2.75) is 63.7 Å². The number of rotatable bonds is 16. The SMILES string of the molecule is CC(C)(C)NC(Cc1ccccc1)C(=O)NC(Cc1ccccc1)C(=O)NC(Cc1ccc2ccccc2c1)C(=O)NCC(=O)NCC(=O)O. The summed E-state index contributed by atoms with van der Waals surface area (Å²) in [6, 6.07) is 29.5. The molecule has 3 atom stereocenters. The zero-order chi connectivity index (χ0) is 36.1. The number of carbonyl (C=O) groups is 5. The minimum absolute atomic E-state index is 0.0906. The highest BCUT2D eigenvalue weighted by atomic mass is 16.4. The largest absolute Gasteiger partial charge is 0.480 e. The Bertz CT molecular complexity index is 1770. The van der Waals surface area contributed by atoms with Crippen LogP contribution in [0.4, 0.5) is 0 Å². The van der Waals surface area contributed by atoms with E-state index >= 15 is 0 Å². The molecule has 0 aliphatic carbocycles. The second kappa shape index (κ2) is 17.7. The molecule has 0 heterocycles. The highest BCUT2D eigenvalue weighted by molar-refractivity contribution is 5.95. The van der Waals surface area contributed by atoms with Crippen LogP contribution in [0.25, 0.3) is 10.8 Å². The first-order valence-corrected chi connectivity index (χ1v) is 16.6. The van der Waals surface area contributed by atoms with E-state index in [0.717, 1.165) is 27.5 Å². The zero-order valence-electron chi connectivity index (χ0n) is 28.6. The van der Waals surface area contributed by atoms with Gasteiger partial charge in [-0.15, -0.1) is 0 Å². The lowest BCUT2D eigenvalue weighted by Crippen LogP contribution is -2.59. The predicted molar refractivity (Wildman–Crippen MR) is 192 cm³/mol. The van der Waals surface area contributed by atoms with E-state index in [1.807, 2.05) is 124 Å². The number of carbonyl (C=O) groups excluding carboxylic acids is 4. The molecular weight excluding hydrogens is 634 g/mol. The molecule has 0 spiro atoms. The third-order valence-electron chi connectivity index (χ3n) is 7.87. The van der Waals surface area contributed by atoms with Crippen molar-refractivity contribution in [3.63, 3.8) is 0 Å². The van der Waals surface area contributed by atoms with Crippen molar-refractivity contribution in [1.82, 2.24) is 26.6 Å². The highest BCUT2D eigenvalue weighted by Gasteiger charge is 2.31. The summed E-state index contributed by atoms with van der Waals surface area (Å²) in [4.78, 5) is 64.6. The summed E-state index contributed by atoms with van der Waals surface area (Å²) in [5, 5.41) is 24.7. The Hall–Kier alpha value is -5.55. The van der Waals surface area contributed by atoms with E-state index in [-0.39, 0.29) is 18.7 Å². The van der Waals surface area contributed by atoms with Gasteiger partial charge in [0.1, 0.15) is 18.6 Å². The Morgan fingerprint density at radius 3 is 1.64 bits per heavy atom. The maximum Gasteiger partial charge on any atom is 0.322 e. The first-order chi connectivity index (χ1) is 23.9. The van der Waals surface area contributed by atoms with Crippen LogP contribution in [0.2, 0.25) is 0 Å². The molecule has 0 aromatic heterocycles. The average molecular weight is 680 g/mol. The summed E-state index contributed by atoms with van der Waals surface area (Å²) >= 11 is 0. The van der Waals surface area contributed by atoms with Gasteiger partial charge in [0.2, 0.25) is 23.6 Å². The molecule has 50 heavy (non-hydrogen) atoms. The number of carboxylic acid groups (broad SMARTS) is 1. The molecule has 3 unspecified atom stereocenters. The van der Waals surface area contributed by atoms with E-state index in [4.69, 9.17) is 5.11 Å². The maximum absolute atomic E-state index is 14.1. The molecular formula is C39H45N5O6. The predicted octanol–water partition coefficient (Wildman–Crippen LogP) is 2.91. The fourth-order valence-electron chi connectivity index (χ4n) is 5.52. The van der Waals surface area contributed by atoms with Crippen LogP contribution in [-0.2, 0) is 43.2 Å². The molecule has 0 aliphatic heterocycles. The first kappa shape index (κ1) is 37.3. The lowest BCUT2D eigenvalue weighted by Gasteiger charge is -2.30. The Labute approximate surface area is 292 Å². The highest BCUT2D eigenvalue weighted by Crippen LogP contribution is 2.17. The van der Waals surface area contributed by atoms with Gasteiger partial charge in [0, 0.05) is 18.4 Å². The summed E-state index contributed by atoms with van der Waals surface area (Å²) in [6.45, 7) is 4.81. The van der Waals surface area contributed by atoms with Crippen LogP contribution in [0.15, 0.2) is 103 Å². The summed E-state index contributed by atoms with van der Waals surface area (Å²) in [5.74, 6) is -3.50. The first-order valence-electron chi connectivity index (χ1n) is 16.6. The number of carboxylic acids is 1. The van der Waals surface area contributed by atoms with Gasteiger partial charge in [-0.2, -0.15) is 0 Å². The minimum Gasteiger partial charge on any atom is -0.480 e. The third-order valence-corrected chi connectivity index (χ3v) is 7.87. The Kier molecular flexibility index (Phi) is 13.2. The van der Waals surface area contributed by atoms with Gasteiger partial charge in [-0.25, -0.2) is 0 Å². The topological polar surface area (TPSA) is 166 Å². The molecule has 0 aliphatic rings. The Morgan fingerprint density at radius 1 is 0.560 bits per heavy atom. The van der Waals surface area contributed by atoms with E-state index < -0.39 is 60.4 Å². The summed E-state index contributed by atoms with van der Waals surface area (Å²) in [5.41, 5.74) is 2.11. The maximum atomic E-state index is 14.1. The van der Waals surface area contributed by atoms with E-state index in [1.165, 1.54) is 0 Å². The molecule has 6 N–H and O–H groups in total. The molecule has 11 heteroatoms. The monoisotopic (exact) mass is 679 g/mol. The van der Waals surface area contributed by atoms with Crippen molar-refractivity contribution in [3.8, 4) is 0 Å². The number of benzene rings is 4. The van der Waals surface area contributed by atoms with Gasteiger partial charge in [0.25, 0.3) is 0 Å². The van der Waals surface area contributed by atoms with Crippen LogP contribution in [0.1, 0.15) is 37.5 Å². The van der Waals surface area contributed by atoms with Crippen molar-refractivity contribution in [3.05, 3.63) is 120 Å². The van der Waals surface area contributed by atoms with E-state index in [1.54, 1.807) is 0 Å². The summed E-state index contributed by atoms with van der Waals surface area (Å²) in [7, 11) is 0. The van der Waals surface area contributed by atoms with Gasteiger partial charge >= 0.3 is 5.97 Å². The van der Waals surface area contributed by atoms with Gasteiger partial charge < -0.3 is 31.7 Å². The van der Waals surface area contributed by atoms with Gasteiger partial charge in [0.05, 0.1) is 12.6 Å². The van der Waals surface area contributed by atoms with Crippen LogP contribution >= 0.6 is 0 Å². The van der Waals surface area contributed by atoms with Crippen LogP contribution in [0.5, 0.6) is 0 Å². The summed E-state index contributed by atoms with van der Waals surface area (Å²) < 4.78 is 0. The molecule has 0 saturated heterocycles. The van der Waals surface area contributed by atoms with Crippen molar-refractivity contribution in [2.24, 2.45) is 0 Å². The molecule has 0 fully saturated rings. The fourth-order valence-corrected chi connectivity index (χ4v) is 5.52. The molecule has 0 radical (unpaired) electrons. The van der Waals surface area contributed by atoms with E-state index in [2.05, 4.69) is 26.6 Å². The van der Waals surface area contributed by atoms with Crippen molar-refractivity contribution >= 4 is 40.4 Å². The molecule has 4 amide bonds. The molecule has 262 valence electrons. The quantitative estimate of drug-likeness (QED) is 0.106. The van der Waals surface area contributed by atoms with Crippen molar-refractivity contribution < 1.29 is 29.1 Å². The Balaban J connectivity index is 1.59. The Morgan fingerprint density at radius 2 is 1.06 bits per heavy atom. The number of fused-ring (bicyclic) bond motifs is 1. The molecule has 0 saturated carbocycles. The molecule has 4 aromatic rings. The van der Waals surface area contributed by atoms with Gasteiger partial charge in [-0.1, -0.05) is 103 Å². The van der Waals surface area contributed by atoms with E-state index in [9.17, 15) is 24.0 Å². The normalized spacial score (nSPS) is 13.0. The fraction of sp³-hybridized carbons (Fsp3) is 0.308. The zero-order valence-corrected chi connectivity index (χ0v) is 28.6. The summed E-state index contributed by atoms with van der Waals surface area (Å²) in [6.07, 6.45) is 0.641. The van der Waals surface area contributed by atoms with Crippen molar-refractivity contribution in [2.75, 3.05) is 13.1 Å². The second-order valence-electron chi connectivity index (χ2n) is 13.2. The van der Waals surface area contributed by atoms with Gasteiger partial charge in [0.15, 0.2) is 0 Å². The van der Waals surface area contributed by atoms with Crippen LogP contribution in [0.3, 0.4) is 0 Å². The molecule has 4 aromatic carbocycles. The van der Waals surface area contributed by atoms with Crippen LogP contribution < -0.4 is 26.6 Å². The molecule has 0 bridgehead atoms. The number of aliphatic carboxylic acids is 1. The minimum atomic E-state index is -1.22. The van der Waals surface area contributed by atoms with Gasteiger partial charge in [-0.05, 0) is 54.7 Å². The second-order valence-corrected chi connectivity index (χ2v) is 13.2. The van der Waals surface area contributed by atoms with Crippen LogP contribution in [0, 0.1) is 0 Å². The smallest absolute Gasteiger partial charge is 0.322 e. The standard InChI is InChI=1S/C39H45N5O6/c1-39(2,3)44-33(22-27-14-8-5-9-15-27)38(50)43-32(21-26-12-6-4-7-13-26)37(49)42-31(36(48)41-24-34(45)40-25-35(46)47)23-28-18-19-29-16-10-11-17-30(29)20-28/h4-20,31-33,44H,21-25H2,1-3H3,(H,40,45)(H,41,48)(H,42,49)(H,43,50)(H,46,47). The number of hydrogen-bond donors (Lipinski definition) is 6.